The Morgan fingerprint density at radius 1 is 1.10 bits per heavy atom. The molecule has 0 saturated heterocycles. The van der Waals surface area contributed by atoms with Crippen LogP contribution >= 0.6 is 27.5 Å². The fraction of sp³-hybridized carbons (Fsp3) is 0.208. The summed E-state index contributed by atoms with van der Waals surface area (Å²) < 4.78 is 0.770. The molecule has 148 valence electrons. The van der Waals surface area contributed by atoms with E-state index in [2.05, 4.69) is 53.3 Å². The van der Waals surface area contributed by atoms with Crippen LogP contribution in [-0.2, 0) is 0 Å². The maximum absolute atomic E-state index is 12.0. The molecule has 1 aliphatic rings. The van der Waals surface area contributed by atoms with E-state index < -0.39 is 5.97 Å². The molecular formula is C24H21BrClNO2. The Labute approximate surface area is 183 Å². The second kappa shape index (κ2) is 7.85. The monoisotopic (exact) mass is 469 g/mol. The highest BCUT2D eigenvalue weighted by Crippen LogP contribution is 2.47. The molecule has 3 aromatic carbocycles. The molecule has 2 atom stereocenters. The lowest BCUT2D eigenvalue weighted by Crippen LogP contribution is -2.25. The van der Waals surface area contributed by atoms with Gasteiger partial charge in [-0.1, -0.05) is 63.4 Å². The molecule has 0 amide bonds. The maximum Gasteiger partial charge on any atom is 0.337 e. The van der Waals surface area contributed by atoms with Gasteiger partial charge in [0.2, 0.25) is 0 Å². The summed E-state index contributed by atoms with van der Waals surface area (Å²) in [6.45, 7) is 4.20. The van der Waals surface area contributed by atoms with Crippen molar-refractivity contribution in [3.05, 3.63) is 97.5 Å². The maximum atomic E-state index is 12.0. The number of aryl methyl sites for hydroxylation is 2. The van der Waals surface area contributed by atoms with E-state index in [-0.39, 0.29) is 17.5 Å². The van der Waals surface area contributed by atoms with Gasteiger partial charge in [0, 0.05) is 15.4 Å². The van der Waals surface area contributed by atoms with Crippen LogP contribution in [0.25, 0.3) is 0 Å². The van der Waals surface area contributed by atoms with E-state index in [0.717, 1.165) is 22.0 Å². The third-order valence-electron chi connectivity index (χ3n) is 5.59. The Hall–Kier alpha value is -2.30. The Morgan fingerprint density at radius 3 is 2.62 bits per heavy atom. The highest BCUT2D eigenvalue weighted by molar-refractivity contribution is 9.10. The molecule has 5 heteroatoms. The SMILES string of the molecule is Cc1ccc(C)c([C@@H]2C[C@H](c3cccc(Cl)c3)Nc3c(C(=O)O)cc(Br)cc32)c1. The molecule has 29 heavy (non-hydrogen) atoms. The normalized spacial score (nSPS) is 18.1. The van der Waals surface area contributed by atoms with Crippen molar-refractivity contribution < 1.29 is 9.90 Å². The molecule has 3 aromatic rings. The number of carbonyl (C=O) groups is 1. The molecule has 0 bridgehead atoms. The summed E-state index contributed by atoms with van der Waals surface area (Å²) in [6, 6.07) is 17.9. The second-order valence-corrected chi connectivity index (χ2v) is 8.98. The van der Waals surface area contributed by atoms with E-state index in [1.807, 2.05) is 30.3 Å². The van der Waals surface area contributed by atoms with E-state index in [1.165, 1.54) is 16.7 Å². The van der Waals surface area contributed by atoms with Crippen LogP contribution in [0.15, 0.2) is 59.1 Å². The minimum Gasteiger partial charge on any atom is -0.478 e. The highest BCUT2D eigenvalue weighted by atomic mass is 79.9. The summed E-state index contributed by atoms with van der Waals surface area (Å²) in [5.74, 6) is -0.868. The van der Waals surface area contributed by atoms with E-state index in [4.69, 9.17) is 11.6 Å². The molecular weight excluding hydrogens is 450 g/mol. The van der Waals surface area contributed by atoms with Gasteiger partial charge in [0.15, 0.2) is 0 Å². The quantitative estimate of drug-likeness (QED) is 0.429. The molecule has 0 saturated carbocycles. The molecule has 0 unspecified atom stereocenters. The minimum atomic E-state index is -0.943. The Kier molecular flexibility index (Phi) is 5.41. The number of fused-ring (bicyclic) bond motifs is 1. The van der Waals surface area contributed by atoms with Gasteiger partial charge in [0.05, 0.1) is 17.3 Å². The van der Waals surface area contributed by atoms with Crippen molar-refractivity contribution in [2.75, 3.05) is 5.32 Å². The molecule has 0 aromatic heterocycles. The molecule has 1 heterocycles. The number of rotatable bonds is 3. The van der Waals surface area contributed by atoms with Crippen LogP contribution in [0, 0.1) is 13.8 Å². The van der Waals surface area contributed by atoms with Crippen molar-refractivity contribution in [3.63, 3.8) is 0 Å². The predicted octanol–water partition coefficient (Wildman–Crippen LogP) is 7.11. The number of carboxylic acid groups (broad SMARTS) is 1. The number of benzene rings is 3. The molecule has 0 radical (unpaired) electrons. The number of anilines is 1. The number of hydrogen-bond donors (Lipinski definition) is 2. The number of carboxylic acids is 1. The van der Waals surface area contributed by atoms with Gasteiger partial charge in [0.25, 0.3) is 0 Å². The van der Waals surface area contributed by atoms with Crippen molar-refractivity contribution in [1.82, 2.24) is 0 Å². The van der Waals surface area contributed by atoms with Crippen molar-refractivity contribution >= 4 is 39.2 Å². The van der Waals surface area contributed by atoms with Crippen LogP contribution in [0.2, 0.25) is 5.02 Å². The molecule has 2 N–H and O–H groups in total. The van der Waals surface area contributed by atoms with Crippen molar-refractivity contribution in [2.45, 2.75) is 32.2 Å². The summed E-state index contributed by atoms with van der Waals surface area (Å²) >= 11 is 9.74. The first-order valence-electron chi connectivity index (χ1n) is 9.49. The summed E-state index contributed by atoms with van der Waals surface area (Å²) in [4.78, 5) is 12.0. The number of hydrogen-bond acceptors (Lipinski definition) is 2. The average Bonchev–Trinajstić information content (AvgIpc) is 2.68. The van der Waals surface area contributed by atoms with Gasteiger partial charge < -0.3 is 10.4 Å². The Bertz CT molecular complexity index is 1110. The second-order valence-electron chi connectivity index (χ2n) is 7.62. The topological polar surface area (TPSA) is 49.3 Å². The fourth-order valence-corrected chi connectivity index (χ4v) is 4.88. The average molecular weight is 471 g/mol. The first-order valence-corrected chi connectivity index (χ1v) is 10.7. The molecule has 3 nitrogen and oxygen atoms in total. The summed E-state index contributed by atoms with van der Waals surface area (Å²) in [5.41, 5.74) is 6.64. The number of halogens is 2. The number of nitrogens with one attached hydrogen (secondary N) is 1. The summed E-state index contributed by atoms with van der Waals surface area (Å²) in [7, 11) is 0. The highest BCUT2D eigenvalue weighted by Gasteiger charge is 2.32. The molecule has 1 aliphatic heterocycles. The zero-order valence-electron chi connectivity index (χ0n) is 16.2. The largest absolute Gasteiger partial charge is 0.478 e. The van der Waals surface area contributed by atoms with Gasteiger partial charge in [-0.2, -0.15) is 0 Å². The molecule has 0 fully saturated rings. The summed E-state index contributed by atoms with van der Waals surface area (Å²) in [6.07, 6.45) is 0.813. The Morgan fingerprint density at radius 2 is 1.90 bits per heavy atom. The Balaban J connectivity index is 1.93. The van der Waals surface area contributed by atoms with Gasteiger partial charge in [0.1, 0.15) is 0 Å². The third-order valence-corrected chi connectivity index (χ3v) is 6.28. The van der Waals surface area contributed by atoms with Crippen molar-refractivity contribution in [1.29, 1.82) is 0 Å². The van der Waals surface area contributed by atoms with E-state index in [9.17, 15) is 9.90 Å². The van der Waals surface area contributed by atoms with Gasteiger partial charge in [-0.15, -0.1) is 0 Å². The first kappa shape index (κ1) is 20.0. The number of aromatic carboxylic acids is 1. The zero-order chi connectivity index (χ0) is 20.7. The van der Waals surface area contributed by atoms with Crippen molar-refractivity contribution in [3.8, 4) is 0 Å². The van der Waals surface area contributed by atoms with Crippen LogP contribution in [0.5, 0.6) is 0 Å². The van der Waals surface area contributed by atoms with Crippen LogP contribution in [0.4, 0.5) is 5.69 Å². The fourth-order valence-electron chi connectivity index (χ4n) is 4.20. The molecule has 0 aliphatic carbocycles. The summed E-state index contributed by atoms with van der Waals surface area (Å²) in [5, 5.41) is 14.0. The van der Waals surface area contributed by atoms with E-state index in [1.54, 1.807) is 6.07 Å². The van der Waals surface area contributed by atoms with Gasteiger partial charge in [-0.25, -0.2) is 4.79 Å². The van der Waals surface area contributed by atoms with E-state index >= 15 is 0 Å². The molecule has 0 spiro atoms. The van der Waals surface area contributed by atoms with Crippen LogP contribution in [0.3, 0.4) is 0 Å². The predicted molar refractivity (Wildman–Crippen MR) is 121 cm³/mol. The third kappa shape index (κ3) is 3.92. The van der Waals surface area contributed by atoms with Crippen LogP contribution < -0.4 is 5.32 Å². The minimum absolute atomic E-state index is 0.0367. The standard InChI is InChI=1S/C24H21BrClNO2/c1-13-6-7-14(2)18(8-13)19-12-22(15-4-3-5-17(26)9-15)27-23-20(19)10-16(25)11-21(23)24(28)29/h3-11,19,22,27H,12H2,1-2H3,(H,28,29)/t19-,22+/m0/s1. The van der Waals surface area contributed by atoms with Gasteiger partial charge in [-0.3, -0.25) is 0 Å². The zero-order valence-corrected chi connectivity index (χ0v) is 18.5. The first-order chi connectivity index (χ1) is 13.8. The van der Waals surface area contributed by atoms with Crippen LogP contribution in [0.1, 0.15) is 56.6 Å². The van der Waals surface area contributed by atoms with E-state index in [0.29, 0.717) is 10.7 Å². The lowest BCUT2D eigenvalue weighted by molar-refractivity contribution is 0.0697. The molecule has 4 rings (SSSR count). The van der Waals surface area contributed by atoms with Crippen LogP contribution in [-0.4, -0.2) is 11.1 Å². The smallest absolute Gasteiger partial charge is 0.337 e. The van der Waals surface area contributed by atoms with Gasteiger partial charge in [-0.05, 0) is 66.8 Å². The van der Waals surface area contributed by atoms with Crippen molar-refractivity contribution in [2.24, 2.45) is 0 Å². The lowest BCUT2D eigenvalue weighted by Gasteiger charge is -2.35. The van der Waals surface area contributed by atoms with Gasteiger partial charge >= 0.3 is 5.97 Å². The lowest BCUT2D eigenvalue weighted by atomic mass is 9.77.